The fourth-order valence-electron chi connectivity index (χ4n) is 1.45. The molecule has 1 N–H and O–H groups in total. The number of hydrogen-bond donors (Lipinski definition) is 1. The van der Waals surface area contributed by atoms with Crippen LogP contribution in [0.15, 0.2) is 0 Å². The minimum Gasteiger partial charge on any atom is -0.314 e. The first-order valence-corrected chi connectivity index (χ1v) is 6.82. The summed E-state index contributed by atoms with van der Waals surface area (Å²) in [6.45, 7) is 6.87. The first-order chi connectivity index (χ1) is 6.52. The lowest BCUT2D eigenvalue weighted by atomic mass is 10.1. The Morgan fingerprint density at radius 1 is 1.36 bits per heavy atom. The van der Waals surface area contributed by atoms with Gasteiger partial charge >= 0.3 is 0 Å². The Balaban J connectivity index is 2.54. The lowest BCUT2D eigenvalue weighted by molar-refractivity contribution is 0.387. The Labute approximate surface area is 86.7 Å². The fourth-order valence-corrected chi connectivity index (χ4v) is 2.86. The van der Waals surface area contributed by atoms with E-state index in [1.165, 1.54) is 0 Å². The van der Waals surface area contributed by atoms with Crippen molar-refractivity contribution < 1.29 is 8.42 Å². The lowest BCUT2D eigenvalue weighted by Crippen LogP contribution is -2.35. The van der Waals surface area contributed by atoms with Gasteiger partial charge in [0.05, 0.1) is 5.75 Å². The van der Waals surface area contributed by atoms with Gasteiger partial charge in [0.25, 0.3) is 0 Å². The summed E-state index contributed by atoms with van der Waals surface area (Å²) in [6.07, 6.45) is 0.944. The Morgan fingerprint density at radius 2 is 2.07 bits per heavy atom. The molecule has 1 heterocycles. The molecule has 1 fully saturated rings. The molecule has 1 aliphatic heterocycles. The molecule has 0 saturated carbocycles. The molecule has 0 aromatic heterocycles. The number of sulfonamides is 1. The van der Waals surface area contributed by atoms with Gasteiger partial charge in [-0.25, -0.2) is 12.7 Å². The largest absolute Gasteiger partial charge is 0.314 e. The van der Waals surface area contributed by atoms with Crippen molar-refractivity contribution in [2.24, 2.45) is 5.92 Å². The minimum absolute atomic E-state index is 0.241. The van der Waals surface area contributed by atoms with Gasteiger partial charge < -0.3 is 5.32 Å². The average Bonchev–Trinajstić information content (AvgIpc) is 2.23. The maximum Gasteiger partial charge on any atom is 0.215 e. The van der Waals surface area contributed by atoms with Crippen LogP contribution in [0, 0.1) is 5.92 Å². The molecular formula is C9H20N2O2S. The van der Waals surface area contributed by atoms with Crippen LogP contribution in [0.1, 0.15) is 20.3 Å². The molecule has 0 atom stereocenters. The van der Waals surface area contributed by atoms with Crippen LogP contribution in [0.3, 0.4) is 0 Å². The highest BCUT2D eigenvalue weighted by molar-refractivity contribution is 7.89. The summed E-state index contributed by atoms with van der Waals surface area (Å²) in [7, 11) is -2.98. The molecule has 0 bridgehead atoms. The number of hydrogen-bond acceptors (Lipinski definition) is 3. The number of rotatable bonds is 3. The Morgan fingerprint density at radius 3 is 2.71 bits per heavy atom. The first-order valence-electron chi connectivity index (χ1n) is 5.21. The van der Waals surface area contributed by atoms with Crippen LogP contribution in [0.4, 0.5) is 0 Å². The Hall–Kier alpha value is -0.130. The third kappa shape index (κ3) is 3.55. The molecule has 14 heavy (non-hydrogen) atoms. The fraction of sp³-hybridized carbons (Fsp3) is 1.00. The van der Waals surface area contributed by atoms with E-state index in [0.29, 0.717) is 25.6 Å². The van der Waals surface area contributed by atoms with E-state index in [0.717, 1.165) is 13.0 Å². The van der Waals surface area contributed by atoms with Crippen molar-refractivity contribution in [1.82, 2.24) is 9.62 Å². The quantitative estimate of drug-likeness (QED) is 0.742. The summed E-state index contributed by atoms with van der Waals surface area (Å²) >= 11 is 0. The molecule has 1 aliphatic rings. The summed E-state index contributed by atoms with van der Waals surface area (Å²) in [5.74, 6) is 0.798. The van der Waals surface area contributed by atoms with Crippen molar-refractivity contribution in [2.75, 3.05) is 31.9 Å². The van der Waals surface area contributed by atoms with E-state index in [4.69, 9.17) is 0 Å². The molecule has 0 radical (unpaired) electrons. The van der Waals surface area contributed by atoms with Gasteiger partial charge in [0.1, 0.15) is 0 Å². The third-order valence-corrected chi connectivity index (χ3v) is 4.30. The van der Waals surface area contributed by atoms with Crippen LogP contribution in [0.5, 0.6) is 0 Å². The molecule has 1 rings (SSSR count). The summed E-state index contributed by atoms with van der Waals surface area (Å²) in [5.41, 5.74) is 0. The minimum atomic E-state index is -2.98. The van der Waals surface area contributed by atoms with Crippen molar-refractivity contribution in [2.45, 2.75) is 20.3 Å². The van der Waals surface area contributed by atoms with Gasteiger partial charge in [-0.2, -0.15) is 0 Å². The first kappa shape index (κ1) is 11.9. The second-order valence-corrected chi connectivity index (χ2v) is 6.24. The second-order valence-electron chi connectivity index (χ2n) is 4.15. The molecule has 5 heteroatoms. The van der Waals surface area contributed by atoms with Crippen LogP contribution in [0.2, 0.25) is 0 Å². The Bertz CT molecular complexity index is 262. The SMILES string of the molecule is CC(C)CCN1CCNCCS1(=O)=O. The number of nitrogens with zero attached hydrogens (tertiary/aromatic N) is 1. The van der Waals surface area contributed by atoms with Gasteiger partial charge in [-0.3, -0.25) is 0 Å². The van der Waals surface area contributed by atoms with Gasteiger partial charge in [0, 0.05) is 26.2 Å². The summed E-state index contributed by atoms with van der Waals surface area (Å²) < 4.78 is 25.0. The van der Waals surface area contributed by atoms with E-state index in [-0.39, 0.29) is 5.75 Å². The van der Waals surface area contributed by atoms with Gasteiger partial charge in [0.15, 0.2) is 0 Å². The van der Waals surface area contributed by atoms with E-state index in [1.807, 2.05) is 0 Å². The zero-order valence-electron chi connectivity index (χ0n) is 8.99. The maximum absolute atomic E-state index is 11.7. The van der Waals surface area contributed by atoms with Crippen LogP contribution >= 0.6 is 0 Å². The Kier molecular flexibility index (Phi) is 4.34. The molecular weight excluding hydrogens is 200 g/mol. The van der Waals surface area contributed by atoms with Crippen molar-refractivity contribution in [1.29, 1.82) is 0 Å². The van der Waals surface area contributed by atoms with Crippen LogP contribution in [0.25, 0.3) is 0 Å². The van der Waals surface area contributed by atoms with Gasteiger partial charge in [0.2, 0.25) is 10.0 Å². The van der Waals surface area contributed by atoms with Crippen LogP contribution in [-0.4, -0.2) is 44.7 Å². The van der Waals surface area contributed by atoms with Gasteiger partial charge in [-0.15, -0.1) is 0 Å². The summed E-state index contributed by atoms with van der Waals surface area (Å²) in [6, 6.07) is 0. The molecule has 0 aliphatic carbocycles. The standard InChI is InChI=1S/C9H20N2O2S/c1-9(2)3-6-11-7-4-10-5-8-14(11,12)13/h9-10H,3-8H2,1-2H3. The molecule has 0 aromatic carbocycles. The van der Waals surface area contributed by atoms with Gasteiger partial charge in [-0.1, -0.05) is 13.8 Å². The zero-order chi connectivity index (χ0) is 10.6. The average molecular weight is 220 g/mol. The van der Waals surface area contributed by atoms with E-state index in [2.05, 4.69) is 19.2 Å². The molecule has 1 saturated heterocycles. The van der Waals surface area contributed by atoms with Crippen molar-refractivity contribution in [3.63, 3.8) is 0 Å². The second kappa shape index (κ2) is 5.09. The van der Waals surface area contributed by atoms with E-state index >= 15 is 0 Å². The van der Waals surface area contributed by atoms with Crippen molar-refractivity contribution in [3.8, 4) is 0 Å². The molecule has 0 amide bonds. The highest BCUT2D eigenvalue weighted by Crippen LogP contribution is 2.08. The summed E-state index contributed by atoms with van der Waals surface area (Å²) in [4.78, 5) is 0. The van der Waals surface area contributed by atoms with Crippen molar-refractivity contribution >= 4 is 10.0 Å². The maximum atomic E-state index is 11.7. The van der Waals surface area contributed by atoms with E-state index in [9.17, 15) is 8.42 Å². The molecule has 0 unspecified atom stereocenters. The summed E-state index contributed by atoms with van der Waals surface area (Å²) in [5, 5.41) is 3.10. The topological polar surface area (TPSA) is 49.4 Å². The molecule has 0 spiro atoms. The predicted molar refractivity (Wildman–Crippen MR) is 57.7 cm³/mol. The smallest absolute Gasteiger partial charge is 0.215 e. The van der Waals surface area contributed by atoms with Crippen LogP contribution in [-0.2, 0) is 10.0 Å². The predicted octanol–water partition coefficient (Wildman–Crippen LogP) is 0.268. The third-order valence-electron chi connectivity index (χ3n) is 2.42. The monoisotopic (exact) mass is 220 g/mol. The molecule has 4 nitrogen and oxygen atoms in total. The van der Waals surface area contributed by atoms with Gasteiger partial charge in [-0.05, 0) is 12.3 Å². The van der Waals surface area contributed by atoms with Crippen LogP contribution < -0.4 is 5.32 Å². The normalized spacial score (nSPS) is 23.6. The molecule has 84 valence electrons. The molecule has 0 aromatic rings. The number of nitrogens with one attached hydrogen (secondary N) is 1. The van der Waals surface area contributed by atoms with E-state index in [1.54, 1.807) is 4.31 Å². The zero-order valence-corrected chi connectivity index (χ0v) is 9.81. The van der Waals surface area contributed by atoms with Crippen molar-refractivity contribution in [3.05, 3.63) is 0 Å². The van der Waals surface area contributed by atoms with E-state index < -0.39 is 10.0 Å². The lowest BCUT2D eigenvalue weighted by Gasteiger charge is -2.19. The highest BCUT2D eigenvalue weighted by Gasteiger charge is 2.23. The highest BCUT2D eigenvalue weighted by atomic mass is 32.2.